The minimum absolute atomic E-state index is 0.128. The van der Waals surface area contributed by atoms with Gasteiger partial charge in [-0.25, -0.2) is 0 Å². The largest absolute Gasteiger partial charge is 0.322 e. The fourth-order valence-electron chi connectivity index (χ4n) is 2.51. The molecule has 1 aromatic carbocycles. The minimum Gasteiger partial charge on any atom is -0.322 e. The lowest BCUT2D eigenvalue weighted by atomic mass is 9.99. The monoisotopic (exact) mass is 329 g/mol. The van der Waals surface area contributed by atoms with Crippen LogP contribution in [-0.2, 0) is 4.79 Å². The Morgan fingerprint density at radius 3 is 2.67 bits per heavy atom. The summed E-state index contributed by atoms with van der Waals surface area (Å²) in [5.41, 5.74) is 0.476. The summed E-state index contributed by atoms with van der Waals surface area (Å²) >= 11 is 12.1. The highest BCUT2D eigenvalue weighted by Crippen LogP contribution is 2.29. The van der Waals surface area contributed by atoms with Crippen molar-refractivity contribution in [2.75, 3.05) is 25.5 Å². The zero-order valence-corrected chi connectivity index (χ0v) is 13.8. The van der Waals surface area contributed by atoms with Gasteiger partial charge in [0.2, 0.25) is 5.91 Å². The van der Waals surface area contributed by atoms with Gasteiger partial charge in [0.15, 0.2) is 0 Å². The van der Waals surface area contributed by atoms with Crippen LogP contribution in [0, 0.1) is 0 Å². The van der Waals surface area contributed by atoms with Crippen LogP contribution in [0.25, 0.3) is 0 Å². The molecular weight excluding hydrogens is 309 g/mol. The first-order valence-electron chi connectivity index (χ1n) is 7.15. The third kappa shape index (κ3) is 4.58. The number of rotatable bonds is 4. The maximum absolute atomic E-state index is 12.0. The topological polar surface area (TPSA) is 44.4 Å². The highest BCUT2D eigenvalue weighted by atomic mass is 35.5. The van der Waals surface area contributed by atoms with Gasteiger partial charge in [0.05, 0.1) is 22.3 Å². The first-order chi connectivity index (χ1) is 9.97. The maximum Gasteiger partial charge on any atom is 0.238 e. The number of nitrogens with zero attached hydrogens (tertiary/aromatic N) is 1. The summed E-state index contributed by atoms with van der Waals surface area (Å²) in [6, 6.07) is 6.07. The number of benzene rings is 1. The van der Waals surface area contributed by atoms with Gasteiger partial charge < -0.3 is 15.5 Å². The average molecular weight is 330 g/mol. The van der Waals surface area contributed by atoms with Crippen LogP contribution >= 0.6 is 23.2 Å². The van der Waals surface area contributed by atoms with Gasteiger partial charge in [0.1, 0.15) is 0 Å². The smallest absolute Gasteiger partial charge is 0.238 e. The molecule has 1 saturated heterocycles. The van der Waals surface area contributed by atoms with Crippen LogP contribution in [0.4, 0.5) is 5.69 Å². The van der Waals surface area contributed by atoms with E-state index in [-0.39, 0.29) is 12.5 Å². The van der Waals surface area contributed by atoms with Gasteiger partial charge in [-0.1, -0.05) is 29.3 Å². The van der Waals surface area contributed by atoms with Crippen LogP contribution in [0.1, 0.15) is 19.8 Å². The summed E-state index contributed by atoms with van der Waals surface area (Å²) in [4.78, 5) is 14.3. The van der Waals surface area contributed by atoms with Gasteiger partial charge in [-0.3, -0.25) is 4.79 Å². The molecule has 1 heterocycles. The first kappa shape index (κ1) is 16.6. The van der Waals surface area contributed by atoms with Gasteiger partial charge in [0.25, 0.3) is 0 Å². The van der Waals surface area contributed by atoms with E-state index >= 15 is 0 Å². The Bertz CT molecular complexity index is 489. The molecule has 2 rings (SSSR count). The highest BCUT2D eigenvalue weighted by Gasteiger charge is 2.22. The minimum atomic E-state index is -0.128. The Balaban J connectivity index is 1.83. The molecule has 0 bridgehead atoms. The summed E-state index contributed by atoms with van der Waals surface area (Å²) in [5, 5.41) is 6.96. The first-order valence-corrected chi connectivity index (χ1v) is 7.90. The third-order valence-corrected chi connectivity index (χ3v) is 4.62. The predicted octanol–water partition coefficient (Wildman–Crippen LogP) is 3.00. The van der Waals surface area contributed by atoms with Gasteiger partial charge in [0, 0.05) is 12.1 Å². The van der Waals surface area contributed by atoms with Crippen LogP contribution in [-0.4, -0.2) is 43.0 Å². The number of carbonyl (C=O) groups excluding carboxylic acids is 1. The number of anilines is 1. The fraction of sp³-hybridized carbons (Fsp3) is 0.533. The number of amides is 1. The molecule has 1 fully saturated rings. The maximum atomic E-state index is 12.0. The molecule has 0 radical (unpaired) electrons. The Morgan fingerprint density at radius 1 is 1.38 bits per heavy atom. The normalized spacial score (nSPS) is 23.0. The number of para-hydroxylation sites is 1. The van der Waals surface area contributed by atoms with Crippen molar-refractivity contribution in [1.82, 2.24) is 10.2 Å². The van der Waals surface area contributed by atoms with Crippen molar-refractivity contribution >= 4 is 34.8 Å². The van der Waals surface area contributed by atoms with Crippen LogP contribution in [0.15, 0.2) is 18.2 Å². The number of carbonyl (C=O) groups is 1. The van der Waals surface area contributed by atoms with E-state index in [0.29, 0.717) is 27.8 Å². The molecule has 0 spiro atoms. The van der Waals surface area contributed by atoms with Crippen molar-refractivity contribution < 1.29 is 4.79 Å². The molecule has 4 nitrogen and oxygen atoms in total. The number of nitrogens with one attached hydrogen (secondary N) is 2. The van der Waals surface area contributed by atoms with Gasteiger partial charge in [-0.15, -0.1) is 0 Å². The zero-order chi connectivity index (χ0) is 15.4. The lowest BCUT2D eigenvalue weighted by Crippen LogP contribution is -2.47. The van der Waals surface area contributed by atoms with Gasteiger partial charge >= 0.3 is 0 Å². The van der Waals surface area contributed by atoms with Crippen molar-refractivity contribution in [2.45, 2.75) is 31.8 Å². The average Bonchev–Trinajstić information content (AvgIpc) is 2.44. The van der Waals surface area contributed by atoms with E-state index in [9.17, 15) is 4.79 Å². The molecule has 0 aromatic heterocycles. The molecule has 1 aliphatic rings. The van der Waals surface area contributed by atoms with E-state index in [2.05, 4.69) is 29.5 Å². The molecule has 0 aliphatic carbocycles. The number of halogens is 2. The number of piperidine rings is 1. The van der Waals surface area contributed by atoms with Gasteiger partial charge in [-0.2, -0.15) is 0 Å². The highest BCUT2D eigenvalue weighted by molar-refractivity contribution is 6.39. The van der Waals surface area contributed by atoms with E-state index in [1.54, 1.807) is 18.2 Å². The summed E-state index contributed by atoms with van der Waals surface area (Å²) in [5.74, 6) is -0.128. The molecule has 2 atom stereocenters. The van der Waals surface area contributed by atoms with Crippen LogP contribution < -0.4 is 10.6 Å². The van der Waals surface area contributed by atoms with Crippen molar-refractivity contribution in [1.29, 1.82) is 0 Å². The van der Waals surface area contributed by atoms with E-state index < -0.39 is 0 Å². The lowest BCUT2D eigenvalue weighted by molar-refractivity contribution is -0.115. The third-order valence-electron chi connectivity index (χ3n) is 3.99. The second-order valence-electron chi connectivity index (χ2n) is 5.58. The van der Waals surface area contributed by atoms with Crippen molar-refractivity contribution in [3.05, 3.63) is 28.2 Å². The molecule has 1 aromatic rings. The standard InChI is InChI=1S/C15H21Cl2N3O/c1-10-8-11(6-7-20(10)2)18-9-14(21)19-15-12(16)4-3-5-13(15)17/h3-5,10-11,18H,6-9H2,1-2H3,(H,19,21). The number of likely N-dealkylation sites (tertiary alicyclic amines) is 1. The Kier molecular flexibility index (Phi) is 5.88. The number of hydrogen-bond donors (Lipinski definition) is 2. The predicted molar refractivity (Wildman–Crippen MR) is 88.2 cm³/mol. The number of hydrogen-bond acceptors (Lipinski definition) is 3. The van der Waals surface area contributed by atoms with E-state index in [0.717, 1.165) is 19.4 Å². The lowest BCUT2D eigenvalue weighted by Gasteiger charge is -2.35. The Morgan fingerprint density at radius 2 is 2.05 bits per heavy atom. The SMILES string of the molecule is CC1CC(NCC(=O)Nc2c(Cl)cccc2Cl)CCN1C. The molecule has 6 heteroatoms. The molecule has 0 saturated carbocycles. The Labute approximate surface area is 135 Å². The van der Waals surface area contributed by atoms with E-state index in [1.807, 2.05) is 0 Å². The molecule has 1 amide bonds. The van der Waals surface area contributed by atoms with E-state index in [4.69, 9.17) is 23.2 Å². The summed E-state index contributed by atoms with van der Waals surface area (Å²) in [6.07, 6.45) is 2.11. The molecule has 21 heavy (non-hydrogen) atoms. The quantitative estimate of drug-likeness (QED) is 0.892. The molecule has 116 valence electrons. The molecule has 2 N–H and O–H groups in total. The van der Waals surface area contributed by atoms with Crippen LogP contribution in [0.3, 0.4) is 0 Å². The molecular formula is C15H21Cl2N3O. The van der Waals surface area contributed by atoms with Crippen molar-refractivity contribution in [3.63, 3.8) is 0 Å². The second kappa shape index (κ2) is 7.45. The Hall–Kier alpha value is -0.810. The van der Waals surface area contributed by atoms with Gasteiger partial charge in [-0.05, 0) is 45.5 Å². The van der Waals surface area contributed by atoms with Crippen LogP contribution in [0.5, 0.6) is 0 Å². The van der Waals surface area contributed by atoms with Crippen molar-refractivity contribution in [3.8, 4) is 0 Å². The van der Waals surface area contributed by atoms with Crippen LogP contribution in [0.2, 0.25) is 10.0 Å². The molecule has 2 unspecified atom stereocenters. The summed E-state index contributed by atoms with van der Waals surface area (Å²) in [7, 11) is 2.13. The zero-order valence-electron chi connectivity index (χ0n) is 12.3. The summed E-state index contributed by atoms with van der Waals surface area (Å²) in [6.45, 7) is 3.52. The summed E-state index contributed by atoms with van der Waals surface area (Å²) < 4.78 is 0. The fourth-order valence-corrected chi connectivity index (χ4v) is 3.00. The second-order valence-corrected chi connectivity index (χ2v) is 6.39. The van der Waals surface area contributed by atoms with E-state index in [1.165, 1.54) is 0 Å². The van der Waals surface area contributed by atoms with Crippen molar-refractivity contribution in [2.24, 2.45) is 0 Å². The molecule has 1 aliphatic heterocycles.